The van der Waals surface area contributed by atoms with Crippen molar-refractivity contribution in [2.24, 2.45) is 0 Å². The van der Waals surface area contributed by atoms with Gasteiger partial charge in [-0.3, -0.25) is 14.4 Å². The average Bonchev–Trinajstić information content (AvgIpc) is 3.35. The Hall–Kier alpha value is -3.67. The van der Waals surface area contributed by atoms with Crippen LogP contribution in [0.3, 0.4) is 0 Å². The molecule has 1 atom stereocenters. The summed E-state index contributed by atoms with van der Waals surface area (Å²) in [6.45, 7) is 6.44. The van der Waals surface area contributed by atoms with Gasteiger partial charge < -0.3 is 14.2 Å². The molecule has 6 nitrogen and oxygen atoms in total. The molecular weight excluding hydrogens is 853 g/mol. The van der Waals surface area contributed by atoms with E-state index < -0.39 is 6.10 Å². The van der Waals surface area contributed by atoms with E-state index in [4.69, 9.17) is 14.2 Å². The van der Waals surface area contributed by atoms with Crippen LogP contribution >= 0.6 is 0 Å². The molecule has 69 heavy (non-hydrogen) atoms. The Bertz CT molecular complexity index is 1380. The molecular formula is C63H106O6. The van der Waals surface area contributed by atoms with Crippen molar-refractivity contribution < 1.29 is 28.6 Å². The first-order valence-electron chi connectivity index (χ1n) is 28.7. The van der Waals surface area contributed by atoms with Gasteiger partial charge >= 0.3 is 17.9 Å². The largest absolute Gasteiger partial charge is 0.462 e. The number of unbranched alkanes of at least 4 members (excludes halogenated alkanes) is 24. The molecule has 0 aliphatic heterocycles. The van der Waals surface area contributed by atoms with Crippen LogP contribution in [0, 0.1) is 0 Å². The summed E-state index contributed by atoms with van der Waals surface area (Å²) < 4.78 is 16.8. The lowest BCUT2D eigenvalue weighted by molar-refractivity contribution is -0.166. The van der Waals surface area contributed by atoms with Crippen LogP contribution in [0.2, 0.25) is 0 Å². The highest BCUT2D eigenvalue weighted by molar-refractivity contribution is 5.71. The molecule has 0 aromatic carbocycles. The molecule has 0 saturated carbocycles. The van der Waals surface area contributed by atoms with Gasteiger partial charge in [-0.25, -0.2) is 0 Å². The van der Waals surface area contributed by atoms with Crippen molar-refractivity contribution in [3.63, 3.8) is 0 Å². The Kier molecular flexibility index (Phi) is 53.9. The molecule has 0 unspecified atom stereocenters. The zero-order valence-corrected chi connectivity index (χ0v) is 45.0. The lowest BCUT2D eigenvalue weighted by atomic mass is 10.0. The number of ether oxygens (including phenoxy) is 3. The second kappa shape index (κ2) is 56.9. The van der Waals surface area contributed by atoms with Crippen molar-refractivity contribution in [1.82, 2.24) is 0 Å². The first-order valence-corrected chi connectivity index (χ1v) is 28.7. The molecule has 0 N–H and O–H groups in total. The minimum absolute atomic E-state index is 0.107. The van der Waals surface area contributed by atoms with Gasteiger partial charge in [-0.15, -0.1) is 0 Å². The minimum Gasteiger partial charge on any atom is -0.462 e. The summed E-state index contributed by atoms with van der Waals surface area (Å²) in [5, 5.41) is 0. The minimum atomic E-state index is -0.813. The molecule has 0 saturated heterocycles. The highest BCUT2D eigenvalue weighted by Crippen LogP contribution is 2.16. The summed E-state index contributed by atoms with van der Waals surface area (Å²) in [5.41, 5.74) is 0. The molecule has 0 rings (SSSR count). The third-order valence-electron chi connectivity index (χ3n) is 12.1. The predicted octanol–water partition coefficient (Wildman–Crippen LogP) is 19.3. The number of allylic oxidation sites excluding steroid dienone is 16. The van der Waals surface area contributed by atoms with E-state index in [0.717, 1.165) is 103 Å². The van der Waals surface area contributed by atoms with Crippen LogP contribution in [0.15, 0.2) is 97.2 Å². The molecule has 394 valence electrons. The molecule has 0 spiro atoms. The Labute approximate surface area is 426 Å². The summed E-state index contributed by atoms with van der Waals surface area (Å²) >= 11 is 0. The van der Waals surface area contributed by atoms with Gasteiger partial charge in [-0.05, 0) is 89.9 Å². The molecule has 0 aromatic rings. The summed E-state index contributed by atoms with van der Waals surface area (Å²) in [4.78, 5) is 38.1. The van der Waals surface area contributed by atoms with Crippen molar-refractivity contribution in [2.45, 2.75) is 271 Å². The monoisotopic (exact) mass is 959 g/mol. The Morgan fingerprint density at radius 1 is 0.304 bits per heavy atom. The maximum Gasteiger partial charge on any atom is 0.306 e. The Morgan fingerprint density at radius 2 is 0.594 bits per heavy atom. The van der Waals surface area contributed by atoms with Crippen molar-refractivity contribution in [3.05, 3.63) is 97.2 Å². The molecule has 0 aromatic heterocycles. The van der Waals surface area contributed by atoms with E-state index in [0.29, 0.717) is 19.3 Å². The quantitative estimate of drug-likeness (QED) is 0.0262. The smallest absolute Gasteiger partial charge is 0.306 e. The highest BCUT2D eigenvalue weighted by Gasteiger charge is 2.19. The summed E-state index contributed by atoms with van der Waals surface area (Å²) in [7, 11) is 0. The fourth-order valence-electron chi connectivity index (χ4n) is 7.79. The van der Waals surface area contributed by atoms with E-state index in [1.165, 1.54) is 116 Å². The fraction of sp³-hybridized carbons (Fsp3) is 0.698. The lowest BCUT2D eigenvalue weighted by Gasteiger charge is -2.18. The van der Waals surface area contributed by atoms with E-state index in [1.807, 2.05) is 6.08 Å². The van der Waals surface area contributed by atoms with E-state index >= 15 is 0 Å². The molecule has 0 aliphatic rings. The van der Waals surface area contributed by atoms with Gasteiger partial charge in [0.1, 0.15) is 13.2 Å². The van der Waals surface area contributed by atoms with Crippen molar-refractivity contribution in [2.75, 3.05) is 13.2 Å². The molecule has 0 fully saturated rings. The maximum atomic E-state index is 12.9. The zero-order chi connectivity index (χ0) is 50.0. The second-order valence-electron chi connectivity index (χ2n) is 18.8. The highest BCUT2D eigenvalue weighted by atomic mass is 16.6. The lowest BCUT2D eigenvalue weighted by Crippen LogP contribution is -2.30. The first kappa shape index (κ1) is 65.3. The van der Waals surface area contributed by atoms with Crippen LogP contribution in [0.4, 0.5) is 0 Å². The topological polar surface area (TPSA) is 78.9 Å². The summed E-state index contributed by atoms with van der Waals surface area (Å²) in [6.07, 6.45) is 75.5. The number of rotatable bonds is 51. The normalized spacial score (nSPS) is 12.8. The average molecular weight is 960 g/mol. The fourth-order valence-corrected chi connectivity index (χ4v) is 7.79. The maximum absolute atomic E-state index is 12.9. The SMILES string of the molecule is CC/C=C\C/C=C\C/C=C\C/C=C\C/C=C\C/C=C\CCC(=O)OC[C@H](COC(=O)CCCCCCC/C=C\C/C=C\CCCCC)OC(=O)CCCCCCCCCCCCCCCCCCC. The van der Waals surface area contributed by atoms with Crippen LogP contribution in [-0.4, -0.2) is 37.2 Å². The molecule has 0 bridgehead atoms. The van der Waals surface area contributed by atoms with Crippen molar-refractivity contribution in [3.8, 4) is 0 Å². The van der Waals surface area contributed by atoms with E-state index in [2.05, 4.69) is 112 Å². The standard InChI is InChI=1S/C63H106O6/c1-4-7-10-13-16-19-22-25-28-30-31-33-35-38-41-44-47-50-53-56-62(65)68-59-60(58-67-61(64)55-52-49-46-43-40-37-34-27-24-21-18-15-12-9-6-3)69-63(66)57-54-51-48-45-42-39-36-32-29-26-23-20-17-14-11-8-5-2/h7,10,16,18-19,21,25,27-28,31,33-34,38,41,47,50,60H,4-6,8-9,11-15,17,20,22-24,26,29-30,32,35-37,39-40,42-46,48-49,51-59H2,1-3H3/b10-7-,19-16-,21-18-,28-25-,33-31-,34-27-,41-38-,50-47-/t60-/m0/s1. The third-order valence-corrected chi connectivity index (χ3v) is 12.1. The van der Waals surface area contributed by atoms with Crippen LogP contribution in [0.1, 0.15) is 265 Å². The van der Waals surface area contributed by atoms with Crippen molar-refractivity contribution >= 4 is 17.9 Å². The van der Waals surface area contributed by atoms with Gasteiger partial charge in [0, 0.05) is 19.3 Å². The van der Waals surface area contributed by atoms with Gasteiger partial charge in [-0.1, -0.05) is 253 Å². The number of carbonyl (C=O) groups excluding carboxylic acids is 3. The predicted molar refractivity (Wildman–Crippen MR) is 297 cm³/mol. The Balaban J connectivity index is 4.51. The molecule has 6 heteroatoms. The number of carbonyl (C=O) groups is 3. The number of hydrogen-bond donors (Lipinski definition) is 0. The summed E-state index contributed by atoms with van der Waals surface area (Å²) in [6, 6.07) is 0. The van der Waals surface area contributed by atoms with Crippen LogP contribution in [0.25, 0.3) is 0 Å². The third kappa shape index (κ3) is 55.1. The number of hydrogen-bond acceptors (Lipinski definition) is 6. The van der Waals surface area contributed by atoms with Crippen LogP contribution in [-0.2, 0) is 28.6 Å². The van der Waals surface area contributed by atoms with E-state index in [-0.39, 0.29) is 37.5 Å². The molecule has 0 radical (unpaired) electrons. The molecule has 0 amide bonds. The van der Waals surface area contributed by atoms with Gasteiger partial charge in [0.2, 0.25) is 0 Å². The van der Waals surface area contributed by atoms with E-state index in [1.54, 1.807) is 0 Å². The Morgan fingerprint density at radius 3 is 1.00 bits per heavy atom. The van der Waals surface area contributed by atoms with E-state index in [9.17, 15) is 14.4 Å². The zero-order valence-electron chi connectivity index (χ0n) is 45.0. The van der Waals surface area contributed by atoms with Gasteiger partial charge in [0.05, 0.1) is 0 Å². The molecule has 0 heterocycles. The second-order valence-corrected chi connectivity index (χ2v) is 18.8. The number of esters is 3. The van der Waals surface area contributed by atoms with Crippen LogP contribution < -0.4 is 0 Å². The first-order chi connectivity index (χ1) is 34.0. The van der Waals surface area contributed by atoms with Gasteiger partial charge in [0.15, 0.2) is 6.10 Å². The van der Waals surface area contributed by atoms with Crippen LogP contribution in [0.5, 0.6) is 0 Å². The summed E-state index contributed by atoms with van der Waals surface area (Å²) in [5.74, 6) is -1.00. The molecule has 0 aliphatic carbocycles. The van der Waals surface area contributed by atoms with Crippen molar-refractivity contribution in [1.29, 1.82) is 0 Å². The van der Waals surface area contributed by atoms with Gasteiger partial charge in [-0.2, -0.15) is 0 Å². The van der Waals surface area contributed by atoms with Gasteiger partial charge in [0.25, 0.3) is 0 Å².